The summed E-state index contributed by atoms with van der Waals surface area (Å²) < 4.78 is 5.64. The Bertz CT molecular complexity index is 1340. The topological polar surface area (TPSA) is 101 Å². The standard InChI is InChI=1S/C34H42N4O4/c1-4-42-28-21-19-26(20-22-28)33(34(41)36-27-13-6-5-7-14-27)38(29-15-10-12-24(2)25(29)3)32(40)18-11-17-31(39)37-30-16-8-9-23-35-30/h8-10,12,15-16,19-23,27,33H,4-7,11,13-14,17-18H2,1-3H3,(H,36,41)(H,35,37,39). The molecule has 3 aromatic rings. The molecule has 1 aromatic heterocycles. The van der Waals surface area contributed by atoms with Crippen molar-refractivity contribution in [3.63, 3.8) is 0 Å². The largest absolute Gasteiger partial charge is 0.494 e. The molecule has 2 N–H and O–H groups in total. The fourth-order valence-electron chi connectivity index (χ4n) is 5.43. The van der Waals surface area contributed by atoms with Gasteiger partial charge >= 0.3 is 0 Å². The molecule has 0 saturated heterocycles. The Balaban J connectivity index is 1.63. The Morgan fingerprint density at radius 3 is 2.40 bits per heavy atom. The van der Waals surface area contributed by atoms with Crippen molar-refractivity contribution in [2.45, 2.75) is 84.2 Å². The highest BCUT2D eigenvalue weighted by Gasteiger charge is 2.34. The number of nitrogens with zero attached hydrogens (tertiary/aromatic N) is 2. The van der Waals surface area contributed by atoms with Gasteiger partial charge in [0.15, 0.2) is 0 Å². The van der Waals surface area contributed by atoms with Gasteiger partial charge in [0, 0.05) is 30.8 Å². The number of aryl methyl sites for hydroxylation is 1. The summed E-state index contributed by atoms with van der Waals surface area (Å²) in [5, 5.41) is 6.03. The van der Waals surface area contributed by atoms with Crippen molar-refractivity contribution in [2.75, 3.05) is 16.8 Å². The Labute approximate surface area is 248 Å². The molecule has 1 heterocycles. The summed E-state index contributed by atoms with van der Waals surface area (Å²) in [6.07, 6.45) is 7.42. The number of hydrogen-bond acceptors (Lipinski definition) is 5. The van der Waals surface area contributed by atoms with E-state index in [0.29, 0.717) is 35.8 Å². The number of anilines is 2. The number of rotatable bonds is 12. The third-order valence-corrected chi connectivity index (χ3v) is 7.80. The molecule has 8 nitrogen and oxygen atoms in total. The van der Waals surface area contributed by atoms with Crippen molar-refractivity contribution in [1.82, 2.24) is 10.3 Å². The van der Waals surface area contributed by atoms with Gasteiger partial charge in [0.25, 0.3) is 0 Å². The number of pyridine rings is 1. The summed E-state index contributed by atoms with van der Waals surface area (Å²) >= 11 is 0. The normalized spacial score (nSPS) is 14.1. The van der Waals surface area contributed by atoms with Gasteiger partial charge < -0.3 is 15.4 Å². The highest BCUT2D eigenvalue weighted by molar-refractivity contribution is 6.02. The molecule has 3 amide bonds. The number of amides is 3. The minimum Gasteiger partial charge on any atom is -0.494 e. The van der Waals surface area contributed by atoms with Crippen LogP contribution in [-0.4, -0.2) is 35.4 Å². The first kappa shape index (κ1) is 30.8. The lowest BCUT2D eigenvalue weighted by Crippen LogP contribution is -2.47. The lowest BCUT2D eigenvalue weighted by atomic mass is 9.94. The van der Waals surface area contributed by atoms with Crippen LogP contribution in [-0.2, 0) is 14.4 Å². The zero-order chi connectivity index (χ0) is 29.9. The van der Waals surface area contributed by atoms with Gasteiger partial charge in [-0.15, -0.1) is 0 Å². The first-order chi connectivity index (χ1) is 20.4. The molecule has 1 saturated carbocycles. The van der Waals surface area contributed by atoms with Gasteiger partial charge in [-0.3, -0.25) is 19.3 Å². The minimum absolute atomic E-state index is 0.0855. The first-order valence-corrected chi connectivity index (χ1v) is 15.0. The van der Waals surface area contributed by atoms with Crippen LogP contribution < -0.4 is 20.3 Å². The lowest BCUT2D eigenvalue weighted by molar-refractivity contribution is -0.127. The van der Waals surface area contributed by atoms with Gasteiger partial charge in [0.1, 0.15) is 17.6 Å². The van der Waals surface area contributed by atoms with Crippen molar-refractivity contribution in [3.8, 4) is 5.75 Å². The van der Waals surface area contributed by atoms with E-state index in [1.165, 1.54) is 6.42 Å². The van der Waals surface area contributed by atoms with E-state index >= 15 is 0 Å². The van der Waals surface area contributed by atoms with Crippen LogP contribution in [0.5, 0.6) is 5.75 Å². The number of aromatic nitrogens is 1. The maximum Gasteiger partial charge on any atom is 0.248 e. The number of ether oxygens (including phenoxy) is 1. The molecule has 0 aliphatic heterocycles. The second-order valence-corrected chi connectivity index (χ2v) is 10.8. The molecule has 0 bridgehead atoms. The van der Waals surface area contributed by atoms with E-state index in [9.17, 15) is 14.4 Å². The van der Waals surface area contributed by atoms with Gasteiger partial charge in [-0.05, 0) is 87.1 Å². The van der Waals surface area contributed by atoms with Crippen LogP contribution in [0.25, 0.3) is 0 Å². The molecule has 1 unspecified atom stereocenters. The van der Waals surface area contributed by atoms with E-state index in [1.54, 1.807) is 29.3 Å². The Morgan fingerprint density at radius 2 is 1.71 bits per heavy atom. The van der Waals surface area contributed by atoms with E-state index in [2.05, 4.69) is 15.6 Å². The van der Waals surface area contributed by atoms with Crippen LogP contribution in [0.2, 0.25) is 0 Å². The van der Waals surface area contributed by atoms with Crippen LogP contribution in [0.3, 0.4) is 0 Å². The summed E-state index contributed by atoms with van der Waals surface area (Å²) in [5.41, 5.74) is 3.35. The van der Waals surface area contributed by atoms with Crippen LogP contribution >= 0.6 is 0 Å². The van der Waals surface area contributed by atoms with E-state index in [1.807, 2.05) is 63.2 Å². The zero-order valence-electron chi connectivity index (χ0n) is 24.9. The van der Waals surface area contributed by atoms with Crippen LogP contribution in [0, 0.1) is 13.8 Å². The number of carbonyl (C=O) groups is 3. The number of carbonyl (C=O) groups excluding carboxylic acids is 3. The highest BCUT2D eigenvalue weighted by Crippen LogP contribution is 2.34. The Kier molecular flexibility index (Phi) is 11.1. The van der Waals surface area contributed by atoms with E-state index in [4.69, 9.17) is 4.74 Å². The highest BCUT2D eigenvalue weighted by atomic mass is 16.5. The predicted molar refractivity (Wildman–Crippen MR) is 165 cm³/mol. The zero-order valence-corrected chi connectivity index (χ0v) is 24.9. The second kappa shape index (κ2) is 15.1. The van der Waals surface area contributed by atoms with Crippen molar-refractivity contribution in [3.05, 3.63) is 83.6 Å². The van der Waals surface area contributed by atoms with Crippen molar-refractivity contribution < 1.29 is 19.1 Å². The summed E-state index contributed by atoms with van der Waals surface area (Å²) in [5.74, 6) is 0.551. The average Bonchev–Trinajstić information content (AvgIpc) is 2.99. The van der Waals surface area contributed by atoms with E-state index in [0.717, 1.165) is 36.8 Å². The average molecular weight is 571 g/mol. The molecular formula is C34H42N4O4. The summed E-state index contributed by atoms with van der Waals surface area (Å²) in [6, 6.07) is 17.7. The number of benzene rings is 2. The van der Waals surface area contributed by atoms with Gasteiger partial charge in [0.05, 0.1) is 6.61 Å². The van der Waals surface area contributed by atoms with Crippen molar-refractivity contribution in [1.29, 1.82) is 0 Å². The molecule has 1 fully saturated rings. The Morgan fingerprint density at radius 1 is 0.952 bits per heavy atom. The fourth-order valence-corrected chi connectivity index (χ4v) is 5.43. The molecule has 8 heteroatoms. The van der Waals surface area contributed by atoms with E-state index in [-0.39, 0.29) is 36.6 Å². The smallest absolute Gasteiger partial charge is 0.248 e. The monoisotopic (exact) mass is 570 g/mol. The van der Waals surface area contributed by atoms with Gasteiger partial charge in [-0.1, -0.05) is 49.6 Å². The van der Waals surface area contributed by atoms with Crippen LogP contribution in [0.4, 0.5) is 11.5 Å². The molecule has 0 spiro atoms. The molecule has 1 aliphatic rings. The second-order valence-electron chi connectivity index (χ2n) is 10.8. The number of hydrogen-bond donors (Lipinski definition) is 2. The summed E-state index contributed by atoms with van der Waals surface area (Å²) in [7, 11) is 0. The maximum atomic E-state index is 14.1. The molecule has 222 valence electrons. The molecule has 2 aromatic carbocycles. The molecule has 4 rings (SSSR count). The molecule has 1 atom stereocenters. The van der Waals surface area contributed by atoms with E-state index < -0.39 is 6.04 Å². The van der Waals surface area contributed by atoms with Crippen LogP contribution in [0.15, 0.2) is 66.9 Å². The first-order valence-electron chi connectivity index (χ1n) is 15.0. The SMILES string of the molecule is CCOc1ccc(C(C(=O)NC2CCCCC2)N(C(=O)CCCC(=O)Nc2ccccn2)c2cccc(C)c2C)cc1. The fraction of sp³-hybridized carbons (Fsp3) is 0.412. The predicted octanol–water partition coefficient (Wildman–Crippen LogP) is 6.43. The van der Waals surface area contributed by atoms with Gasteiger partial charge in [-0.25, -0.2) is 4.98 Å². The Hall–Kier alpha value is -4.20. The van der Waals surface area contributed by atoms with Crippen molar-refractivity contribution >= 4 is 29.2 Å². The minimum atomic E-state index is -0.877. The molecule has 42 heavy (non-hydrogen) atoms. The van der Waals surface area contributed by atoms with Crippen molar-refractivity contribution in [2.24, 2.45) is 0 Å². The maximum absolute atomic E-state index is 14.1. The quantitative estimate of drug-likeness (QED) is 0.261. The van der Waals surface area contributed by atoms with Gasteiger partial charge in [-0.2, -0.15) is 0 Å². The molecule has 0 radical (unpaired) electrons. The summed E-state index contributed by atoms with van der Waals surface area (Å²) in [4.78, 5) is 46.5. The summed E-state index contributed by atoms with van der Waals surface area (Å²) in [6.45, 7) is 6.43. The van der Waals surface area contributed by atoms with Gasteiger partial charge in [0.2, 0.25) is 17.7 Å². The third kappa shape index (κ3) is 8.18. The molecular weight excluding hydrogens is 528 g/mol. The third-order valence-electron chi connectivity index (χ3n) is 7.80. The lowest BCUT2D eigenvalue weighted by Gasteiger charge is -2.34. The number of nitrogens with one attached hydrogen (secondary N) is 2. The van der Waals surface area contributed by atoms with Crippen LogP contribution in [0.1, 0.15) is 81.0 Å². The molecule has 1 aliphatic carbocycles.